The van der Waals surface area contributed by atoms with E-state index in [9.17, 15) is 4.79 Å². The number of methoxy groups -OCH3 is 1. The van der Waals surface area contributed by atoms with Crippen LogP contribution in [0.5, 0.6) is 0 Å². The Morgan fingerprint density at radius 2 is 2.40 bits per heavy atom. The van der Waals surface area contributed by atoms with Crippen molar-refractivity contribution < 1.29 is 9.53 Å². The molecule has 0 aromatic carbocycles. The first-order valence-corrected chi connectivity index (χ1v) is 5.06. The number of carbonyl (C=O) groups excluding carboxylic acids is 1. The van der Waals surface area contributed by atoms with Crippen LogP contribution in [0.25, 0.3) is 5.57 Å². The number of thiazole rings is 1. The molecule has 0 spiro atoms. The molecule has 0 bridgehead atoms. The zero-order valence-electron chi connectivity index (χ0n) is 8.52. The molecule has 0 radical (unpaired) electrons. The summed E-state index contributed by atoms with van der Waals surface area (Å²) in [7, 11) is 1.35. The van der Waals surface area contributed by atoms with E-state index in [0.717, 1.165) is 6.42 Å². The number of halogens is 1. The molecule has 0 amide bonds. The molecular formula is C9H13ClN2O2S. The number of rotatable bonds is 3. The Kier molecular flexibility index (Phi) is 5.96. The molecule has 6 heteroatoms. The third-order valence-electron chi connectivity index (χ3n) is 1.61. The fourth-order valence-electron chi connectivity index (χ4n) is 1.02. The number of esters is 1. The molecule has 0 aliphatic carbocycles. The van der Waals surface area contributed by atoms with Crippen molar-refractivity contribution >= 4 is 40.4 Å². The molecule has 0 saturated carbocycles. The molecular weight excluding hydrogens is 236 g/mol. The summed E-state index contributed by atoms with van der Waals surface area (Å²) in [4.78, 5) is 15.4. The van der Waals surface area contributed by atoms with Crippen LogP contribution >= 0.6 is 23.7 Å². The van der Waals surface area contributed by atoms with Crippen molar-refractivity contribution in [1.82, 2.24) is 4.98 Å². The maximum absolute atomic E-state index is 11.3. The van der Waals surface area contributed by atoms with Crippen LogP contribution in [0.1, 0.15) is 19.0 Å². The summed E-state index contributed by atoms with van der Waals surface area (Å²) in [6.07, 6.45) is 2.53. The number of carbonyl (C=O) groups is 1. The molecule has 0 atom stereocenters. The fourth-order valence-corrected chi connectivity index (χ4v) is 1.58. The highest BCUT2D eigenvalue weighted by molar-refractivity contribution is 7.13. The highest BCUT2D eigenvalue weighted by Gasteiger charge is 2.14. The summed E-state index contributed by atoms with van der Waals surface area (Å²) >= 11 is 1.30. The monoisotopic (exact) mass is 248 g/mol. The second-order valence-electron chi connectivity index (χ2n) is 2.59. The maximum Gasteiger partial charge on any atom is 0.339 e. The number of nitrogen functional groups attached to an aromatic ring is 1. The molecule has 0 fully saturated rings. The van der Waals surface area contributed by atoms with Gasteiger partial charge in [0.2, 0.25) is 0 Å². The zero-order chi connectivity index (χ0) is 10.6. The first-order valence-electron chi connectivity index (χ1n) is 4.18. The van der Waals surface area contributed by atoms with Crippen molar-refractivity contribution in [3.05, 3.63) is 17.2 Å². The largest absolute Gasteiger partial charge is 0.465 e. The minimum Gasteiger partial charge on any atom is -0.465 e. The molecule has 15 heavy (non-hydrogen) atoms. The van der Waals surface area contributed by atoms with Crippen LogP contribution in [0.3, 0.4) is 0 Å². The smallest absolute Gasteiger partial charge is 0.339 e. The first-order chi connectivity index (χ1) is 6.69. The van der Waals surface area contributed by atoms with Gasteiger partial charge >= 0.3 is 5.97 Å². The lowest BCUT2D eigenvalue weighted by Gasteiger charge is -2.00. The third-order valence-corrected chi connectivity index (χ3v) is 2.29. The molecule has 1 heterocycles. The summed E-state index contributed by atoms with van der Waals surface area (Å²) in [6, 6.07) is 0. The van der Waals surface area contributed by atoms with Crippen molar-refractivity contribution in [2.75, 3.05) is 12.8 Å². The van der Waals surface area contributed by atoms with Crippen LogP contribution in [0, 0.1) is 0 Å². The number of hydrogen-bond acceptors (Lipinski definition) is 5. The number of aromatic nitrogens is 1. The Bertz CT molecular complexity index is 363. The number of allylic oxidation sites excluding steroid dienone is 1. The first kappa shape index (κ1) is 13.9. The summed E-state index contributed by atoms with van der Waals surface area (Å²) in [6.45, 7) is 1.94. The van der Waals surface area contributed by atoms with Crippen LogP contribution in [-0.2, 0) is 9.53 Å². The average molecular weight is 249 g/mol. The van der Waals surface area contributed by atoms with Crippen LogP contribution < -0.4 is 5.73 Å². The lowest BCUT2D eigenvalue weighted by molar-refractivity contribution is -0.133. The second-order valence-corrected chi connectivity index (χ2v) is 3.48. The summed E-state index contributed by atoms with van der Waals surface area (Å²) < 4.78 is 4.65. The molecule has 1 aromatic heterocycles. The van der Waals surface area contributed by atoms with E-state index >= 15 is 0 Å². The van der Waals surface area contributed by atoms with Crippen LogP contribution in [-0.4, -0.2) is 18.1 Å². The van der Waals surface area contributed by atoms with Gasteiger partial charge in [0.1, 0.15) is 0 Å². The van der Waals surface area contributed by atoms with Crippen LogP contribution in [0.2, 0.25) is 0 Å². The molecule has 0 saturated heterocycles. The van der Waals surface area contributed by atoms with Crippen molar-refractivity contribution in [2.24, 2.45) is 0 Å². The molecule has 0 aliphatic heterocycles. The Morgan fingerprint density at radius 3 is 2.80 bits per heavy atom. The predicted molar refractivity (Wildman–Crippen MR) is 64.1 cm³/mol. The normalized spacial score (nSPS) is 10.7. The SMILES string of the molecule is CCC=C(C(=O)OC)c1csc(N)n1.Cl. The van der Waals surface area contributed by atoms with Crippen LogP contribution in [0.15, 0.2) is 11.5 Å². The van der Waals surface area contributed by atoms with Crippen molar-refractivity contribution in [1.29, 1.82) is 0 Å². The standard InChI is InChI=1S/C9H12N2O2S.ClH/c1-3-4-6(8(12)13-2)7-5-14-9(10)11-7;/h4-5H,3H2,1-2H3,(H2,10,11);1H. The Morgan fingerprint density at radius 1 is 1.73 bits per heavy atom. The van der Waals surface area contributed by atoms with Crippen molar-refractivity contribution in [3.8, 4) is 0 Å². The molecule has 0 unspecified atom stereocenters. The van der Waals surface area contributed by atoms with Gasteiger partial charge in [0.25, 0.3) is 0 Å². The van der Waals surface area contributed by atoms with E-state index in [-0.39, 0.29) is 18.4 Å². The molecule has 0 aliphatic rings. The fraction of sp³-hybridized carbons (Fsp3) is 0.333. The van der Waals surface area contributed by atoms with Crippen molar-refractivity contribution in [3.63, 3.8) is 0 Å². The van der Waals surface area contributed by atoms with E-state index in [0.29, 0.717) is 16.4 Å². The van der Waals surface area contributed by atoms with E-state index in [1.54, 1.807) is 11.5 Å². The van der Waals surface area contributed by atoms with E-state index in [1.165, 1.54) is 18.4 Å². The third kappa shape index (κ3) is 3.53. The van der Waals surface area contributed by atoms with E-state index in [2.05, 4.69) is 9.72 Å². The number of hydrogen-bond donors (Lipinski definition) is 1. The predicted octanol–water partition coefficient (Wildman–Crippen LogP) is 2.11. The summed E-state index contributed by atoms with van der Waals surface area (Å²) in [5.74, 6) is -0.378. The van der Waals surface area contributed by atoms with Crippen LogP contribution in [0.4, 0.5) is 5.13 Å². The van der Waals surface area contributed by atoms with E-state index in [1.807, 2.05) is 6.92 Å². The average Bonchev–Trinajstić information content (AvgIpc) is 2.60. The molecule has 1 rings (SSSR count). The van der Waals surface area contributed by atoms with Gasteiger partial charge in [-0.1, -0.05) is 13.0 Å². The Labute approximate surface area is 98.6 Å². The number of anilines is 1. The topological polar surface area (TPSA) is 65.2 Å². The number of nitrogens with zero attached hydrogens (tertiary/aromatic N) is 1. The molecule has 84 valence electrons. The van der Waals surface area contributed by atoms with Gasteiger partial charge in [-0.25, -0.2) is 9.78 Å². The maximum atomic E-state index is 11.3. The van der Waals surface area contributed by atoms with Crippen molar-refractivity contribution in [2.45, 2.75) is 13.3 Å². The van der Waals surface area contributed by atoms with Gasteiger partial charge in [0.05, 0.1) is 18.4 Å². The van der Waals surface area contributed by atoms with Gasteiger partial charge in [-0.15, -0.1) is 23.7 Å². The minimum absolute atomic E-state index is 0. The molecule has 2 N–H and O–H groups in total. The number of ether oxygens (including phenoxy) is 1. The molecule has 1 aromatic rings. The van der Waals surface area contributed by atoms with Gasteiger partial charge in [-0.05, 0) is 6.42 Å². The number of nitrogens with two attached hydrogens (primary N) is 1. The van der Waals surface area contributed by atoms with Gasteiger partial charge in [0, 0.05) is 5.38 Å². The van der Waals surface area contributed by atoms with Gasteiger partial charge in [0.15, 0.2) is 5.13 Å². The summed E-state index contributed by atoms with van der Waals surface area (Å²) in [5, 5.41) is 2.19. The Balaban J connectivity index is 0.00000196. The quantitative estimate of drug-likeness (QED) is 0.657. The Hall–Kier alpha value is -1.07. The minimum atomic E-state index is -0.378. The lowest BCUT2D eigenvalue weighted by Crippen LogP contribution is -2.04. The van der Waals surface area contributed by atoms with E-state index < -0.39 is 0 Å². The zero-order valence-corrected chi connectivity index (χ0v) is 10.2. The highest BCUT2D eigenvalue weighted by Crippen LogP contribution is 2.20. The highest BCUT2D eigenvalue weighted by atomic mass is 35.5. The second kappa shape index (κ2) is 6.42. The van der Waals surface area contributed by atoms with Gasteiger partial charge in [-0.2, -0.15) is 0 Å². The summed E-state index contributed by atoms with van der Waals surface area (Å²) in [5.41, 5.74) is 6.54. The van der Waals surface area contributed by atoms with E-state index in [4.69, 9.17) is 5.73 Å². The van der Waals surface area contributed by atoms with Gasteiger partial charge < -0.3 is 10.5 Å². The molecule has 4 nitrogen and oxygen atoms in total. The van der Waals surface area contributed by atoms with Gasteiger partial charge in [-0.3, -0.25) is 0 Å². The lowest BCUT2D eigenvalue weighted by atomic mass is 10.2.